The zero-order valence-electron chi connectivity index (χ0n) is 9.01. The number of nitrogens with one attached hydrogen (secondary N) is 1. The fourth-order valence-corrected chi connectivity index (χ4v) is 2.78. The fourth-order valence-electron chi connectivity index (χ4n) is 1.87. The lowest BCUT2D eigenvalue weighted by Crippen LogP contribution is -2.19. The molecule has 16 heavy (non-hydrogen) atoms. The van der Waals surface area contributed by atoms with E-state index in [1.807, 2.05) is 6.07 Å². The highest BCUT2D eigenvalue weighted by Gasteiger charge is 2.13. The Bertz CT molecular complexity index is 351. The minimum Gasteiger partial charge on any atom is -0.381 e. The van der Waals surface area contributed by atoms with E-state index in [-0.39, 0.29) is 0 Å². The van der Waals surface area contributed by atoms with Gasteiger partial charge in [0, 0.05) is 22.8 Å². The predicted octanol–water partition coefficient (Wildman–Crippen LogP) is 3.93. The minimum atomic E-state index is 0.486. The molecule has 0 spiro atoms. The number of hydrogen-bond donors (Lipinski definition) is 1. The van der Waals surface area contributed by atoms with Crippen molar-refractivity contribution in [1.82, 2.24) is 0 Å². The van der Waals surface area contributed by atoms with Gasteiger partial charge in [0.25, 0.3) is 0 Å². The first kappa shape index (κ1) is 12.5. The van der Waals surface area contributed by atoms with Gasteiger partial charge in [-0.05, 0) is 60.1 Å². The van der Waals surface area contributed by atoms with Gasteiger partial charge >= 0.3 is 0 Å². The van der Waals surface area contributed by atoms with Gasteiger partial charge in [-0.3, -0.25) is 0 Å². The van der Waals surface area contributed by atoms with Crippen LogP contribution in [0.5, 0.6) is 0 Å². The first-order valence-corrected chi connectivity index (χ1v) is 7.01. The molecule has 2 nitrogen and oxygen atoms in total. The maximum Gasteiger partial charge on any atom is 0.0648 e. The Hall–Kier alpha value is -0.000000000000000132. The molecule has 0 saturated carbocycles. The lowest BCUT2D eigenvalue weighted by Gasteiger charge is -2.18. The molecule has 4 heteroatoms. The zero-order chi connectivity index (χ0) is 11.4. The van der Waals surface area contributed by atoms with Gasteiger partial charge in [0.15, 0.2) is 0 Å². The molecule has 1 heterocycles. The SMILES string of the molecule is Clc1cc(I)ccc1NC1CCCOCC1. The molecular formula is C12H15ClINO. The number of benzene rings is 1. The molecule has 0 aliphatic carbocycles. The second-order valence-corrected chi connectivity index (χ2v) is 5.66. The number of hydrogen-bond acceptors (Lipinski definition) is 2. The van der Waals surface area contributed by atoms with E-state index in [0.29, 0.717) is 6.04 Å². The summed E-state index contributed by atoms with van der Waals surface area (Å²) < 4.78 is 6.60. The summed E-state index contributed by atoms with van der Waals surface area (Å²) >= 11 is 8.46. The summed E-state index contributed by atoms with van der Waals surface area (Å²) in [6, 6.07) is 6.59. The molecule has 0 radical (unpaired) electrons. The third-order valence-corrected chi connectivity index (χ3v) is 3.73. The van der Waals surface area contributed by atoms with Crippen molar-refractivity contribution in [3.8, 4) is 0 Å². The third kappa shape index (κ3) is 3.50. The topological polar surface area (TPSA) is 21.3 Å². The number of rotatable bonds is 2. The van der Waals surface area contributed by atoms with E-state index in [1.54, 1.807) is 0 Å². The molecule has 0 aromatic heterocycles. The number of ether oxygens (including phenoxy) is 1. The standard InChI is InChI=1S/C12H15ClINO/c13-11-8-9(14)3-4-12(11)15-10-2-1-6-16-7-5-10/h3-4,8,10,15H,1-2,5-7H2. The number of halogens is 2. The van der Waals surface area contributed by atoms with Crippen molar-refractivity contribution < 1.29 is 4.74 Å². The van der Waals surface area contributed by atoms with Crippen molar-refractivity contribution in [3.63, 3.8) is 0 Å². The maximum absolute atomic E-state index is 6.19. The van der Waals surface area contributed by atoms with Gasteiger partial charge in [-0.25, -0.2) is 0 Å². The third-order valence-electron chi connectivity index (χ3n) is 2.74. The van der Waals surface area contributed by atoms with Crippen LogP contribution in [0.4, 0.5) is 5.69 Å². The van der Waals surface area contributed by atoms with E-state index < -0.39 is 0 Å². The Morgan fingerprint density at radius 1 is 1.31 bits per heavy atom. The Balaban J connectivity index is 2.01. The van der Waals surface area contributed by atoms with Crippen molar-refractivity contribution in [2.75, 3.05) is 18.5 Å². The molecule has 1 saturated heterocycles. The molecule has 88 valence electrons. The van der Waals surface area contributed by atoms with Gasteiger partial charge in [-0.15, -0.1) is 0 Å². The van der Waals surface area contributed by atoms with E-state index in [1.165, 1.54) is 0 Å². The highest BCUT2D eigenvalue weighted by Crippen LogP contribution is 2.26. The van der Waals surface area contributed by atoms with E-state index in [2.05, 4.69) is 40.0 Å². The molecule has 1 atom stereocenters. The quantitative estimate of drug-likeness (QED) is 0.815. The fraction of sp³-hybridized carbons (Fsp3) is 0.500. The highest BCUT2D eigenvalue weighted by molar-refractivity contribution is 14.1. The summed E-state index contributed by atoms with van der Waals surface area (Å²) in [5.74, 6) is 0. The molecule has 2 rings (SSSR count). The van der Waals surface area contributed by atoms with E-state index in [4.69, 9.17) is 16.3 Å². The summed E-state index contributed by atoms with van der Waals surface area (Å²) in [7, 11) is 0. The Labute approximate surface area is 115 Å². The summed E-state index contributed by atoms with van der Waals surface area (Å²) in [5, 5.41) is 4.30. The average molecular weight is 352 g/mol. The highest BCUT2D eigenvalue weighted by atomic mass is 127. The lowest BCUT2D eigenvalue weighted by atomic mass is 10.1. The van der Waals surface area contributed by atoms with Crippen molar-refractivity contribution >= 4 is 39.9 Å². The van der Waals surface area contributed by atoms with Crippen LogP contribution >= 0.6 is 34.2 Å². The summed E-state index contributed by atoms with van der Waals surface area (Å²) in [6.45, 7) is 1.73. The first-order chi connectivity index (χ1) is 7.75. The van der Waals surface area contributed by atoms with E-state index >= 15 is 0 Å². The van der Waals surface area contributed by atoms with Crippen molar-refractivity contribution in [1.29, 1.82) is 0 Å². The normalized spacial score (nSPS) is 21.5. The van der Waals surface area contributed by atoms with E-state index in [9.17, 15) is 0 Å². The smallest absolute Gasteiger partial charge is 0.0648 e. The summed E-state index contributed by atoms with van der Waals surface area (Å²) in [4.78, 5) is 0. The van der Waals surface area contributed by atoms with Crippen LogP contribution in [0.3, 0.4) is 0 Å². The van der Waals surface area contributed by atoms with Gasteiger partial charge < -0.3 is 10.1 Å². The molecule has 1 aliphatic heterocycles. The first-order valence-electron chi connectivity index (χ1n) is 5.55. The van der Waals surface area contributed by atoms with Crippen LogP contribution in [-0.4, -0.2) is 19.3 Å². The molecule has 1 aromatic carbocycles. The zero-order valence-corrected chi connectivity index (χ0v) is 11.9. The van der Waals surface area contributed by atoms with Gasteiger partial charge in [0.2, 0.25) is 0 Å². The lowest BCUT2D eigenvalue weighted by molar-refractivity contribution is 0.144. The Morgan fingerprint density at radius 3 is 3.00 bits per heavy atom. The van der Waals surface area contributed by atoms with E-state index in [0.717, 1.165) is 46.8 Å². The van der Waals surface area contributed by atoms with Crippen LogP contribution in [0.1, 0.15) is 19.3 Å². The molecule has 0 amide bonds. The van der Waals surface area contributed by atoms with Crippen LogP contribution in [-0.2, 0) is 4.74 Å². The molecule has 1 N–H and O–H groups in total. The van der Waals surface area contributed by atoms with Gasteiger partial charge in [0.05, 0.1) is 10.7 Å². The van der Waals surface area contributed by atoms with Crippen LogP contribution in [0.2, 0.25) is 5.02 Å². The second-order valence-electron chi connectivity index (χ2n) is 4.01. The monoisotopic (exact) mass is 351 g/mol. The minimum absolute atomic E-state index is 0.486. The molecule has 1 aromatic rings. The van der Waals surface area contributed by atoms with Gasteiger partial charge in [0.1, 0.15) is 0 Å². The summed E-state index contributed by atoms with van der Waals surface area (Å²) in [5.41, 5.74) is 1.04. The van der Waals surface area contributed by atoms with Gasteiger partial charge in [-0.1, -0.05) is 11.6 Å². The Morgan fingerprint density at radius 2 is 2.19 bits per heavy atom. The largest absolute Gasteiger partial charge is 0.381 e. The predicted molar refractivity (Wildman–Crippen MR) is 76.2 cm³/mol. The maximum atomic E-state index is 6.19. The van der Waals surface area contributed by atoms with Crippen LogP contribution in [0.25, 0.3) is 0 Å². The Kier molecular flexibility index (Phi) is 4.73. The molecule has 1 aliphatic rings. The van der Waals surface area contributed by atoms with Crippen molar-refractivity contribution in [3.05, 3.63) is 26.8 Å². The summed E-state index contributed by atoms with van der Waals surface area (Å²) in [6.07, 6.45) is 3.34. The van der Waals surface area contributed by atoms with Crippen molar-refractivity contribution in [2.45, 2.75) is 25.3 Å². The molecule has 1 fully saturated rings. The van der Waals surface area contributed by atoms with Crippen LogP contribution < -0.4 is 5.32 Å². The van der Waals surface area contributed by atoms with Crippen LogP contribution in [0, 0.1) is 3.57 Å². The average Bonchev–Trinajstić information content (AvgIpc) is 2.51. The van der Waals surface area contributed by atoms with Crippen LogP contribution in [0.15, 0.2) is 18.2 Å². The number of anilines is 1. The molecule has 1 unspecified atom stereocenters. The van der Waals surface area contributed by atoms with Crippen molar-refractivity contribution in [2.24, 2.45) is 0 Å². The molecular weight excluding hydrogens is 336 g/mol. The molecule has 0 bridgehead atoms. The second kappa shape index (κ2) is 6.07. The van der Waals surface area contributed by atoms with Gasteiger partial charge in [-0.2, -0.15) is 0 Å².